The molecule has 0 radical (unpaired) electrons. The Balaban J connectivity index is 2.26. The third-order valence-electron chi connectivity index (χ3n) is 2.95. The first-order valence-corrected chi connectivity index (χ1v) is 7.27. The van der Waals surface area contributed by atoms with Crippen LogP contribution in [0.1, 0.15) is 11.1 Å². The summed E-state index contributed by atoms with van der Waals surface area (Å²) in [4.78, 5) is 10.8. The zero-order valence-corrected chi connectivity index (χ0v) is 11.7. The van der Waals surface area contributed by atoms with Crippen LogP contribution in [0.3, 0.4) is 0 Å². The van der Waals surface area contributed by atoms with Crippen molar-refractivity contribution in [2.24, 2.45) is 0 Å². The van der Waals surface area contributed by atoms with Crippen molar-refractivity contribution >= 4 is 22.2 Å². The highest BCUT2D eigenvalue weighted by molar-refractivity contribution is 7.84. The normalized spacial score (nSPS) is 12.1. The van der Waals surface area contributed by atoms with Gasteiger partial charge in [0.05, 0.1) is 32.1 Å². The number of nitrogens with zero attached hydrogens (tertiary/aromatic N) is 1. The van der Waals surface area contributed by atoms with Gasteiger partial charge in [0.25, 0.3) is 5.69 Å². The predicted molar refractivity (Wildman–Crippen MR) is 78.8 cm³/mol. The third-order valence-corrected chi connectivity index (χ3v) is 4.39. The fraction of sp³-hybridized carbons (Fsp3) is 0.143. The van der Waals surface area contributed by atoms with Gasteiger partial charge < -0.3 is 5.73 Å². The molecule has 5 nitrogen and oxygen atoms in total. The van der Waals surface area contributed by atoms with Gasteiger partial charge in [-0.05, 0) is 24.1 Å². The number of nitro benzene ring substituents is 1. The van der Waals surface area contributed by atoms with Gasteiger partial charge in [0.15, 0.2) is 0 Å². The van der Waals surface area contributed by atoms with Crippen molar-refractivity contribution in [2.75, 3.05) is 5.73 Å². The third kappa shape index (κ3) is 3.03. The molecule has 6 heteroatoms. The predicted octanol–water partition coefficient (Wildman–Crippen LogP) is 2.79. The second kappa shape index (κ2) is 5.83. The lowest BCUT2D eigenvalue weighted by Crippen LogP contribution is -2.02. The highest BCUT2D eigenvalue weighted by Gasteiger charge is 2.12. The molecule has 1 atom stereocenters. The van der Waals surface area contributed by atoms with Crippen LogP contribution in [0.5, 0.6) is 0 Å². The first-order valence-electron chi connectivity index (χ1n) is 5.96. The van der Waals surface area contributed by atoms with E-state index < -0.39 is 15.7 Å². The maximum Gasteiger partial charge on any atom is 0.269 e. The molecule has 20 heavy (non-hydrogen) atoms. The molecule has 0 heterocycles. The standard InChI is InChI=1S/C14H14N2O3S/c1-10-4-2-7-13(14(10)15)20(19)9-11-5-3-6-12(8-11)16(17)18/h2-8H,9,15H2,1H3. The van der Waals surface area contributed by atoms with Crippen LogP contribution in [0.25, 0.3) is 0 Å². The van der Waals surface area contributed by atoms with Crippen molar-refractivity contribution in [2.45, 2.75) is 17.6 Å². The van der Waals surface area contributed by atoms with Gasteiger partial charge in [-0.3, -0.25) is 14.3 Å². The number of nitrogens with two attached hydrogens (primary N) is 1. The van der Waals surface area contributed by atoms with Crippen molar-refractivity contribution < 1.29 is 9.13 Å². The van der Waals surface area contributed by atoms with Crippen molar-refractivity contribution in [3.05, 3.63) is 63.7 Å². The molecular weight excluding hydrogens is 276 g/mol. The maximum atomic E-state index is 12.3. The largest absolute Gasteiger partial charge is 0.398 e. The van der Waals surface area contributed by atoms with Crippen molar-refractivity contribution in [3.63, 3.8) is 0 Å². The van der Waals surface area contributed by atoms with Crippen LogP contribution in [0, 0.1) is 17.0 Å². The average molecular weight is 290 g/mol. The monoisotopic (exact) mass is 290 g/mol. The highest BCUT2D eigenvalue weighted by atomic mass is 32.2. The Bertz CT molecular complexity index is 686. The molecule has 0 bridgehead atoms. The van der Waals surface area contributed by atoms with E-state index in [2.05, 4.69) is 0 Å². The second-order valence-corrected chi connectivity index (χ2v) is 5.82. The summed E-state index contributed by atoms with van der Waals surface area (Å²) in [5.74, 6) is 0.204. The van der Waals surface area contributed by atoms with Gasteiger partial charge in [0.2, 0.25) is 0 Å². The molecule has 2 N–H and O–H groups in total. The quantitative estimate of drug-likeness (QED) is 0.533. The fourth-order valence-electron chi connectivity index (χ4n) is 1.84. The number of nitro groups is 1. The lowest BCUT2D eigenvalue weighted by Gasteiger charge is -2.08. The number of aryl methyl sites for hydroxylation is 1. The molecule has 2 aromatic carbocycles. The second-order valence-electron chi connectivity index (χ2n) is 4.40. The van der Waals surface area contributed by atoms with Crippen LogP contribution >= 0.6 is 0 Å². The molecular formula is C14H14N2O3S. The maximum absolute atomic E-state index is 12.3. The van der Waals surface area contributed by atoms with E-state index in [4.69, 9.17) is 5.73 Å². The molecule has 0 aliphatic carbocycles. The van der Waals surface area contributed by atoms with Crippen LogP contribution in [0.2, 0.25) is 0 Å². The number of para-hydroxylation sites is 1. The molecule has 0 fully saturated rings. The Morgan fingerprint density at radius 1 is 1.25 bits per heavy atom. The smallest absolute Gasteiger partial charge is 0.269 e. The van der Waals surface area contributed by atoms with E-state index in [-0.39, 0.29) is 11.4 Å². The lowest BCUT2D eigenvalue weighted by atomic mass is 10.2. The molecule has 0 saturated heterocycles. The Morgan fingerprint density at radius 2 is 1.95 bits per heavy atom. The SMILES string of the molecule is Cc1cccc(S(=O)Cc2cccc([N+](=O)[O-])c2)c1N. The molecule has 0 aliphatic heterocycles. The molecule has 0 spiro atoms. The molecule has 2 rings (SSSR count). The Hall–Kier alpha value is -2.21. The molecule has 1 unspecified atom stereocenters. The van der Waals surface area contributed by atoms with Crippen molar-refractivity contribution in [1.82, 2.24) is 0 Å². The molecule has 0 saturated carbocycles. The summed E-state index contributed by atoms with van der Waals surface area (Å²) in [6.07, 6.45) is 0. The van der Waals surface area contributed by atoms with E-state index in [9.17, 15) is 14.3 Å². The van der Waals surface area contributed by atoms with Crippen LogP contribution in [0.15, 0.2) is 47.4 Å². The van der Waals surface area contributed by atoms with Gasteiger partial charge in [-0.25, -0.2) is 0 Å². The van der Waals surface area contributed by atoms with Gasteiger partial charge in [0, 0.05) is 12.1 Å². The van der Waals surface area contributed by atoms with Gasteiger partial charge in [-0.1, -0.05) is 24.3 Å². The van der Waals surface area contributed by atoms with Gasteiger partial charge in [-0.2, -0.15) is 0 Å². The summed E-state index contributed by atoms with van der Waals surface area (Å²) >= 11 is 0. The minimum absolute atomic E-state index is 0.00304. The number of hydrogen-bond donors (Lipinski definition) is 1. The van der Waals surface area contributed by atoms with Gasteiger partial charge in [0.1, 0.15) is 0 Å². The van der Waals surface area contributed by atoms with E-state index in [0.29, 0.717) is 16.1 Å². The van der Waals surface area contributed by atoms with E-state index >= 15 is 0 Å². The lowest BCUT2D eigenvalue weighted by molar-refractivity contribution is -0.384. The van der Waals surface area contributed by atoms with Crippen molar-refractivity contribution in [3.8, 4) is 0 Å². The average Bonchev–Trinajstić information content (AvgIpc) is 2.42. The summed E-state index contributed by atoms with van der Waals surface area (Å²) in [7, 11) is -1.33. The van der Waals surface area contributed by atoms with E-state index in [0.717, 1.165) is 5.56 Å². The minimum Gasteiger partial charge on any atom is -0.398 e. The Labute approximate surface area is 119 Å². The summed E-state index contributed by atoms with van der Waals surface area (Å²) < 4.78 is 12.3. The minimum atomic E-state index is -1.33. The van der Waals surface area contributed by atoms with Crippen LogP contribution in [0.4, 0.5) is 11.4 Å². The van der Waals surface area contributed by atoms with E-state index in [1.165, 1.54) is 12.1 Å². The Kier molecular flexibility index (Phi) is 4.14. The van der Waals surface area contributed by atoms with Crippen molar-refractivity contribution in [1.29, 1.82) is 0 Å². The first kappa shape index (κ1) is 14.2. The van der Waals surface area contributed by atoms with Crippen LogP contribution in [-0.4, -0.2) is 9.13 Å². The molecule has 0 amide bonds. The molecule has 0 aliphatic rings. The van der Waals surface area contributed by atoms with Gasteiger partial charge in [-0.15, -0.1) is 0 Å². The number of rotatable bonds is 4. The summed E-state index contributed by atoms with van der Waals surface area (Å²) in [5.41, 5.74) is 7.94. The number of benzene rings is 2. The Morgan fingerprint density at radius 3 is 2.65 bits per heavy atom. The summed E-state index contributed by atoms with van der Waals surface area (Å²) in [6.45, 7) is 1.85. The molecule has 0 aromatic heterocycles. The first-order chi connectivity index (χ1) is 9.49. The zero-order chi connectivity index (χ0) is 14.7. The number of anilines is 1. The number of hydrogen-bond acceptors (Lipinski definition) is 4. The topological polar surface area (TPSA) is 86.2 Å². The van der Waals surface area contributed by atoms with Crippen LogP contribution < -0.4 is 5.73 Å². The molecule has 2 aromatic rings. The van der Waals surface area contributed by atoms with Crippen LogP contribution in [-0.2, 0) is 16.6 Å². The van der Waals surface area contributed by atoms with E-state index in [1.807, 2.05) is 13.0 Å². The zero-order valence-electron chi connectivity index (χ0n) is 10.9. The number of nitrogen functional groups attached to an aromatic ring is 1. The van der Waals surface area contributed by atoms with E-state index in [1.54, 1.807) is 24.3 Å². The molecule has 104 valence electrons. The fourth-order valence-corrected chi connectivity index (χ4v) is 3.12. The summed E-state index contributed by atoms with van der Waals surface area (Å²) in [5, 5.41) is 10.7. The highest BCUT2D eigenvalue weighted by Crippen LogP contribution is 2.23. The summed E-state index contributed by atoms with van der Waals surface area (Å²) in [6, 6.07) is 11.5. The van der Waals surface area contributed by atoms with Gasteiger partial charge >= 0.3 is 0 Å². The number of non-ortho nitro benzene ring substituents is 1.